The molecule has 0 unspecified atom stereocenters. The molecule has 2 aromatic carbocycles. The minimum absolute atomic E-state index is 0.0942. The van der Waals surface area contributed by atoms with Gasteiger partial charge in [-0.3, -0.25) is 4.79 Å². The molecule has 0 aliphatic rings. The van der Waals surface area contributed by atoms with Gasteiger partial charge in [0.1, 0.15) is 5.75 Å². The van der Waals surface area contributed by atoms with Crippen molar-refractivity contribution in [3.8, 4) is 5.75 Å². The lowest BCUT2D eigenvalue weighted by Crippen LogP contribution is -2.26. The largest absolute Gasteiger partial charge is 0.496 e. The zero-order valence-corrected chi connectivity index (χ0v) is 14.2. The molecule has 0 heterocycles. The van der Waals surface area contributed by atoms with Gasteiger partial charge in [-0.15, -0.1) is 0 Å². The maximum absolute atomic E-state index is 11.9. The second kappa shape index (κ2) is 9.40. The first-order chi connectivity index (χ1) is 11.7. The lowest BCUT2D eigenvalue weighted by Gasteiger charge is -2.19. The van der Waals surface area contributed by atoms with E-state index in [0.717, 1.165) is 24.3 Å². The second-order valence-corrected chi connectivity index (χ2v) is 5.48. The van der Waals surface area contributed by atoms with Crippen LogP contribution in [-0.2, 0) is 4.79 Å². The van der Waals surface area contributed by atoms with Crippen LogP contribution in [0.5, 0.6) is 5.75 Å². The van der Waals surface area contributed by atoms with Gasteiger partial charge in [0.25, 0.3) is 0 Å². The average Bonchev–Trinajstić information content (AvgIpc) is 2.64. The molecule has 0 fully saturated rings. The van der Waals surface area contributed by atoms with Gasteiger partial charge in [-0.1, -0.05) is 36.4 Å². The molecule has 0 atom stereocenters. The van der Waals surface area contributed by atoms with Gasteiger partial charge in [-0.2, -0.15) is 0 Å². The van der Waals surface area contributed by atoms with Gasteiger partial charge in [-0.25, -0.2) is 0 Å². The number of nitrogens with one attached hydrogen (secondary N) is 1. The SMILES string of the molecule is COc1ccccc1/C=C/C(=O)NCCCN(C)c1ccccc1. The lowest BCUT2D eigenvalue weighted by atomic mass is 10.2. The predicted molar refractivity (Wildman–Crippen MR) is 99.4 cm³/mol. The van der Waals surface area contributed by atoms with E-state index in [1.807, 2.05) is 42.5 Å². The van der Waals surface area contributed by atoms with Crippen LogP contribution < -0.4 is 15.0 Å². The van der Waals surface area contributed by atoms with E-state index in [2.05, 4.69) is 29.4 Å². The highest BCUT2D eigenvalue weighted by atomic mass is 16.5. The van der Waals surface area contributed by atoms with Crippen LogP contribution in [0.1, 0.15) is 12.0 Å². The first kappa shape index (κ1) is 17.6. The first-order valence-electron chi connectivity index (χ1n) is 8.06. The molecule has 0 saturated carbocycles. The number of hydrogen-bond acceptors (Lipinski definition) is 3. The molecule has 0 spiro atoms. The third kappa shape index (κ3) is 5.47. The van der Waals surface area contributed by atoms with E-state index in [-0.39, 0.29) is 5.91 Å². The van der Waals surface area contributed by atoms with E-state index in [1.165, 1.54) is 5.69 Å². The van der Waals surface area contributed by atoms with Crippen molar-refractivity contribution in [3.05, 3.63) is 66.2 Å². The number of carbonyl (C=O) groups is 1. The zero-order valence-electron chi connectivity index (χ0n) is 14.2. The van der Waals surface area contributed by atoms with Gasteiger partial charge in [-0.05, 0) is 30.7 Å². The van der Waals surface area contributed by atoms with Crippen LogP contribution in [0.4, 0.5) is 5.69 Å². The number of nitrogens with zero attached hydrogens (tertiary/aromatic N) is 1. The summed E-state index contributed by atoms with van der Waals surface area (Å²) < 4.78 is 5.26. The highest BCUT2D eigenvalue weighted by Crippen LogP contribution is 2.18. The van der Waals surface area contributed by atoms with E-state index in [0.29, 0.717) is 6.54 Å². The number of para-hydroxylation sites is 2. The number of amides is 1. The van der Waals surface area contributed by atoms with Crippen molar-refractivity contribution in [2.75, 3.05) is 32.1 Å². The van der Waals surface area contributed by atoms with Crippen molar-refractivity contribution >= 4 is 17.7 Å². The molecular weight excluding hydrogens is 300 g/mol. The highest BCUT2D eigenvalue weighted by Gasteiger charge is 2.01. The fourth-order valence-electron chi connectivity index (χ4n) is 2.37. The van der Waals surface area contributed by atoms with Crippen molar-refractivity contribution in [3.63, 3.8) is 0 Å². The number of rotatable bonds is 8. The number of carbonyl (C=O) groups excluding carboxylic acids is 1. The molecule has 0 aliphatic heterocycles. The Labute approximate surface area is 143 Å². The molecule has 24 heavy (non-hydrogen) atoms. The average molecular weight is 324 g/mol. The summed E-state index contributed by atoms with van der Waals surface area (Å²) in [4.78, 5) is 14.1. The number of anilines is 1. The van der Waals surface area contributed by atoms with Crippen molar-refractivity contribution in [1.82, 2.24) is 5.32 Å². The molecule has 2 aromatic rings. The maximum Gasteiger partial charge on any atom is 0.244 e. The Morgan fingerprint density at radius 2 is 1.83 bits per heavy atom. The highest BCUT2D eigenvalue weighted by molar-refractivity contribution is 5.92. The summed E-state index contributed by atoms with van der Waals surface area (Å²) in [6.45, 7) is 1.53. The fraction of sp³-hybridized carbons (Fsp3) is 0.250. The van der Waals surface area contributed by atoms with Crippen LogP contribution in [0.2, 0.25) is 0 Å². The smallest absolute Gasteiger partial charge is 0.244 e. The molecule has 2 rings (SSSR count). The summed E-state index contributed by atoms with van der Waals surface area (Å²) in [5, 5.41) is 2.90. The topological polar surface area (TPSA) is 41.6 Å². The zero-order chi connectivity index (χ0) is 17.2. The summed E-state index contributed by atoms with van der Waals surface area (Å²) >= 11 is 0. The Bertz CT molecular complexity index is 668. The Hall–Kier alpha value is -2.75. The molecule has 0 aliphatic carbocycles. The van der Waals surface area contributed by atoms with Gasteiger partial charge >= 0.3 is 0 Å². The Balaban J connectivity index is 1.72. The molecule has 0 bridgehead atoms. The summed E-state index contributed by atoms with van der Waals surface area (Å²) in [6.07, 6.45) is 4.20. The van der Waals surface area contributed by atoms with Crippen molar-refractivity contribution < 1.29 is 9.53 Å². The summed E-state index contributed by atoms with van der Waals surface area (Å²) in [6, 6.07) is 17.8. The van der Waals surface area contributed by atoms with Crippen LogP contribution >= 0.6 is 0 Å². The molecule has 1 amide bonds. The van der Waals surface area contributed by atoms with Gasteiger partial charge in [0, 0.05) is 37.5 Å². The molecule has 0 radical (unpaired) electrons. The number of ether oxygens (including phenoxy) is 1. The molecule has 0 aromatic heterocycles. The van der Waals surface area contributed by atoms with E-state index in [9.17, 15) is 4.79 Å². The minimum atomic E-state index is -0.0942. The minimum Gasteiger partial charge on any atom is -0.496 e. The van der Waals surface area contributed by atoms with Gasteiger partial charge in [0.05, 0.1) is 7.11 Å². The predicted octanol–water partition coefficient (Wildman–Crippen LogP) is 3.35. The Morgan fingerprint density at radius 3 is 2.58 bits per heavy atom. The molecule has 126 valence electrons. The first-order valence-corrected chi connectivity index (χ1v) is 8.06. The van der Waals surface area contributed by atoms with Gasteiger partial charge < -0.3 is 15.0 Å². The third-order valence-corrected chi connectivity index (χ3v) is 3.72. The summed E-state index contributed by atoms with van der Waals surface area (Å²) in [5.41, 5.74) is 2.07. The van der Waals surface area contributed by atoms with Gasteiger partial charge in [0.15, 0.2) is 0 Å². The van der Waals surface area contributed by atoms with Gasteiger partial charge in [0.2, 0.25) is 5.91 Å². The second-order valence-electron chi connectivity index (χ2n) is 5.48. The third-order valence-electron chi connectivity index (χ3n) is 3.72. The monoisotopic (exact) mass is 324 g/mol. The van der Waals surface area contributed by atoms with Crippen LogP contribution in [0.25, 0.3) is 6.08 Å². The van der Waals surface area contributed by atoms with E-state index in [1.54, 1.807) is 19.3 Å². The maximum atomic E-state index is 11.9. The fourth-order valence-corrected chi connectivity index (χ4v) is 2.37. The molecule has 4 heteroatoms. The van der Waals surface area contributed by atoms with E-state index in [4.69, 9.17) is 4.74 Å². The molecule has 1 N–H and O–H groups in total. The molecule has 0 saturated heterocycles. The molecular formula is C20H24N2O2. The van der Waals surface area contributed by atoms with Crippen molar-refractivity contribution in [2.45, 2.75) is 6.42 Å². The number of benzene rings is 2. The quantitative estimate of drug-likeness (QED) is 0.598. The summed E-state index contributed by atoms with van der Waals surface area (Å²) in [5.74, 6) is 0.661. The standard InChI is InChI=1S/C20H24N2O2/c1-22(18-10-4-3-5-11-18)16-8-15-21-20(23)14-13-17-9-6-7-12-19(17)24-2/h3-7,9-14H,8,15-16H2,1-2H3,(H,21,23)/b14-13+. The van der Waals surface area contributed by atoms with Crippen LogP contribution in [0, 0.1) is 0 Å². The molecule has 4 nitrogen and oxygen atoms in total. The van der Waals surface area contributed by atoms with Crippen LogP contribution in [0.3, 0.4) is 0 Å². The van der Waals surface area contributed by atoms with Crippen molar-refractivity contribution in [2.24, 2.45) is 0 Å². The van der Waals surface area contributed by atoms with Crippen molar-refractivity contribution in [1.29, 1.82) is 0 Å². The Morgan fingerprint density at radius 1 is 1.12 bits per heavy atom. The van der Waals surface area contributed by atoms with E-state index < -0.39 is 0 Å². The number of hydrogen-bond donors (Lipinski definition) is 1. The van der Waals surface area contributed by atoms with E-state index >= 15 is 0 Å². The van der Waals surface area contributed by atoms with Crippen LogP contribution in [0.15, 0.2) is 60.7 Å². The van der Waals surface area contributed by atoms with Crippen LogP contribution in [-0.4, -0.2) is 33.2 Å². The normalized spacial score (nSPS) is 10.6. The summed E-state index contributed by atoms with van der Waals surface area (Å²) in [7, 11) is 3.68. The number of methoxy groups -OCH3 is 1. The lowest BCUT2D eigenvalue weighted by molar-refractivity contribution is -0.116. The Kier molecular flexibility index (Phi) is 6.90.